The molecule has 1 aliphatic heterocycles. The predicted molar refractivity (Wildman–Crippen MR) is 99.3 cm³/mol. The lowest BCUT2D eigenvalue weighted by molar-refractivity contribution is -0.00664. The Balaban J connectivity index is 1.94. The molecule has 0 aromatic heterocycles. The van der Waals surface area contributed by atoms with E-state index in [1.165, 1.54) is 0 Å². The maximum atomic E-state index is 5.94. The van der Waals surface area contributed by atoms with Crippen molar-refractivity contribution in [2.24, 2.45) is 0 Å². The van der Waals surface area contributed by atoms with Gasteiger partial charge in [0.2, 0.25) is 0 Å². The molecule has 0 amide bonds. The molecular weight excluding hydrogens is 336 g/mol. The van der Waals surface area contributed by atoms with Gasteiger partial charge < -0.3 is 28.4 Å². The van der Waals surface area contributed by atoms with Crippen molar-refractivity contribution in [3.63, 3.8) is 0 Å². The number of fused-ring (bicyclic) bond motifs is 2. The highest BCUT2D eigenvalue weighted by Gasteiger charge is 2.11. The Kier molecular flexibility index (Phi) is 11.1. The van der Waals surface area contributed by atoms with Gasteiger partial charge in [0.15, 0.2) is 0 Å². The summed E-state index contributed by atoms with van der Waals surface area (Å²) in [5, 5.41) is 0. The van der Waals surface area contributed by atoms with Gasteiger partial charge in [0.25, 0.3) is 0 Å². The molecule has 1 aromatic rings. The van der Waals surface area contributed by atoms with E-state index in [9.17, 15) is 0 Å². The van der Waals surface area contributed by atoms with Gasteiger partial charge in [-0.1, -0.05) is 19.4 Å². The summed E-state index contributed by atoms with van der Waals surface area (Å²) < 4.78 is 33.9. The summed E-state index contributed by atoms with van der Waals surface area (Å²) in [6.45, 7) is 7.63. The molecule has 1 aliphatic rings. The van der Waals surface area contributed by atoms with Gasteiger partial charge in [0, 0.05) is 5.56 Å². The third-order valence-corrected chi connectivity index (χ3v) is 3.96. The second kappa shape index (κ2) is 13.8. The summed E-state index contributed by atoms with van der Waals surface area (Å²) in [5.41, 5.74) is 1.12. The van der Waals surface area contributed by atoms with E-state index in [1.54, 1.807) is 0 Å². The highest BCUT2D eigenvalue weighted by atomic mass is 16.6. The van der Waals surface area contributed by atoms with Crippen LogP contribution in [0.15, 0.2) is 18.2 Å². The van der Waals surface area contributed by atoms with Gasteiger partial charge in [0.05, 0.1) is 52.9 Å². The first-order chi connectivity index (χ1) is 12.9. The van der Waals surface area contributed by atoms with E-state index < -0.39 is 0 Å². The van der Waals surface area contributed by atoms with E-state index >= 15 is 0 Å². The summed E-state index contributed by atoms with van der Waals surface area (Å²) in [6, 6.07) is 5.96. The monoisotopic (exact) mass is 368 g/mol. The molecule has 26 heavy (non-hydrogen) atoms. The second-order valence-electron chi connectivity index (χ2n) is 5.98. The SMILES string of the molecule is CCCCc1c2cccc1OCCOCCOCCOCCOCCO2. The lowest BCUT2D eigenvalue weighted by Crippen LogP contribution is -2.14. The molecule has 1 aromatic carbocycles. The highest BCUT2D eigenvalue weighted by Crippen LogP contribution is 2.30. The Morgan fingerprint density at radius 1 is 0.654 bits per heavy atom. The molecule has 0 atom stereocenters. The largest absolute Gasteiger partial charge is 0.491 e. The normalized spacial score (nSPS) is 18.7. The van der Waals surface area contributed by atoms with Gasteiger partial charge in [-0.25, -0.2) is 0 Å². The number of unbranched alkanes of at least 4 members (excludes halogenated alkanes) is 1. The van der Waals surface area contributed by atoms with E-state index in [0.29, 0.717) is 66.1 Å². The van der Waals surface area contributed by atoms with Crippen molar-refractivity contribution >= 4 is 0 Å². The molecule has 0 saturated carbocycles. The van der Waals surface area contributed by atoms with Crippen LogP contribution in [-0.4, -0.2) is 66.1 Å². The van der Waals surface area contributed by atoms with Crippen LogP contribution in [0.25, 0.3) is 0 Å². The summed E-state index contributed by atoms with van der Waals surface area (Å²) in [6.07, 6.45) is 3.16. The van der Waals surface area contributed by atoms with Crippen molar-refractivity contribution in [1.29, 1.82) is 0 Å². The maximum Gasteiger partial charge on any atom is 0.126 e. The zero-order valence-electron chi connectivity index (χ0n) is 15.9. The van der Waals surface area contributed by atoms with Gasteiger partial charge in [-0.2, -0.15) is 0 Å². The minimum absolute atomic E-state index is 0.509. The van der Waals surface area contributed by atoms with Crippen LogP contribution in [0.4, 0.5) is 0 Å². The first kappa shape index (κ1) is 21.0. The highest BCUT2D eigenvalue weighted by molar-refractivity contribution is 5.45. The standard InChI is InChI=1S/C20H32O6/c1-2-3-5-18-19-6-4-7-20(18)26-17-15-24-13-11-22-9-8-21-10-12-23-14-16-25-19/h4,6-7H,2-3,5,8-17H2,1H3. The number of benzene rings is 1. The van der Waals surface area contributed by atoms with Crippen LogP contribution in [0.5, 0.6) is 11.5 Å². The lowest BCUT2D eigenvalue weighted by Gasteiger charge is -2.16. The molecule has 0 N–H and O–H groups in total. The Labute approximate surface area is 156 Å². The van der Waals surface area contributed by atoms with Crippen molar-refractivity contribution in [3.05, 3.63) is 23.8 Å². The molecule has 0 saturated heterocycles. The summed E-state index contributed by atoms with van der Waals surface area (Å²) in [5.74, 6) is 1.76. The third-order valence-electron chi connectivity index (χ3n) is 3.96. The smallest absolute Gasteiger partial charge is 0.126 e. The molecule has 0 spiro atoms. The second-order valence-corrected chi connectivity index (χ2v) is 5.98. The molecular formula is C20H32O6. The van der Waals surface area contributed by atoms with Gasteiger partial charge in [-0.15, -0.1) is 0 Å². The Hall–Kier alpha value is -1.34. The summed E-state index contributed by atoms with van der Waals surface area (Å²) in [4.78, 5) is 0. The number of hydrogen-bond donors (Lipinski definition) is 0. The van der Waals surface area contributed by atoms with Crippen molar-refractivity contribution in [2.45, 2.75) is 26.2 Å². The molecule has 0 radical (unpaired) electrons. The molecule has 6 nitrogen and oxygen atoms in total. The zero-order valence-corrected chi connectivity index (χ0v) is 15.9. The van der Waals surface area contributed by atoms with Crippen LogP contribution in [0.2, 0.25) is 0 Å². The van der Waals surface area contributed by atoms with E-state index in [0.717, 1.165) is 36.3 Å². The van der Waals surface area contributed by atoms with E-state index in [-0.39, 0.29) is 0 Å². The fraction of sp³-hybridized carbons (Fsp3) is 0.700. The molecule has 2 rings (SSSR count). The Morgan fingerprint density at radius 3 is 1.50 bits per heavy atom. The van der Waals surface area contributed by atoms with Gasteiger partial charge in [-0.05, 0) is 25.0 Å². The zero-order chi connectivity index (χ0) is 18.3. The van der Waals surface area contributed by atoms with Crippen LogP contribution < -0.4 is 9.47 Å². The molecule has 0 aliphatic carbocycles. The molecule has 1 heterocycles. The topological polar surface area (TPSA) is 55.4 Å². The van der Waals surface area contributed by atoms with Crippen LogP contribution in [0.3, 0.4) is 0 Å². The predicted octanol–water partition coefficient (Wildman–Crippen LogP) is 2.87. The van der Waals surface area contributed by atoms with Crippen LogP contribution in [-0.2, 0) is 25.4 Å². The average Bonchev–Trinajstić information content (AvgIpc) is 2.66. The molecule has 0 fully saturated rings. The minimum atomic E-state index is 0.509. The first-order valence-electron chi connectivity index (χ1n) is 9.60. The lowest BCUT2D eigenvalue weighted by atomic mass is 10.1. The quantitative estimate of drug-likeness (QED) is 0.818. The van der Waals surface area contributed by atoms with E-state index in [4.69, 9.17) is 28.4 Å². The summed E-state index contributed by atoms with van der Waals surface area (Å²) in [7, 11) is 0. The first-order valence-corrected chi connectivity index (χ1v) is 9.60. The third kappa shape index (κ3) is 8.36. The number of hydrogen-bond acceptors (Lipinski definition) is 6. The van der Waals surface area contributed by atoms with Crippen LogP contribution in [0, 0.1) is 0 Å². The van der Waals surface area contributed by atoms with Crippen molar-refractivity contribution < 1.29 is 28.4 Å². The van der Waals surface area contributed by atoms with Crippen molar-refractivity contribution in [3.8, 4) is 11.5 Å². The number of rotatable bonds is 3. The molecule has 6 heteroatoms. The van der Waals surface area contributed by atoms with E-state index in [1.807, 2.05) is 18.2 Å². The van der Waals surface area contributed by atoms with Crippen molar-refractivity contribution in [2.75, 3.05) is 66.1 Å². The minimum Gasteiger partial charge on any atom is -0.491 e. The summed E-state index contributed by atoms with van der Waals surface area (Å²) >= 11 is 0. The maximum absolute atomic E-state index is 5.94. The van der Waals surface area contributed by atoms with Crippen LogP contribution >= 0.6 is 0 Å². The van der Waals surface area contributed by atoms with E-state index in [2.05, 4.69) is 6.92 Å². The average molecular weight is 368 g/mol. The number of ether oxygens (including phenoxy) is 6. The van der Waals surface area contributed by atoms with Gasteiger partial charge >= 0.3 is 0 Å². The fourth-order valence-corrected chi connectivity index (χ4v) is 2.60. The molecule has 0 unspecified atom stereocenters. The fourth-order valence-electron chi connectivity index (χ4n) is 2.60. The van der Waals surface area contributed by atoms with Crippen LogP contribution in [0.1, 0.15) is 25.3 Å². The van der Waals surface area contributed by atoms with Crippen molar-refractivity contribution in [1.82, 2.24) is 0 Å². The molecule has 148 valence electrons. The Bertz CT molecular complexity index is 443. The molecule has 2 bridgehead atoms. The Morgan fingerprint density at radius 2 is 1.08 bits per heavy atom. The van der Waals surface area contributed by atoms with Gasteiger partial charge in [-0.3, -0.25) is 0 Å². The van der Waals surface area contributed by atoms with Gasteiger partial charge in [0.1, 0.15) is 24.7 Å².